The molecule has 9 heavy (non-hydrogen) atoms. The molecular formula is C9H17. The first-order chi connectivity index (χ1) is 4.16. The Labute approximate surface area is 59.0 Å². The highest BCUT2D eigenvalue weighted by molar-refractivity contribution is 4.98. The third-order valence-electron chi connectivity index (χ3n) is 1.22. The molecule has 0 N–H and O–H groups in total. The van der Waals surface area contributed by atoms with Crippen molar-refractivity contribution in [1.82, 2.24) is 0 Å². The smallest absolute Gasteiger partial charge is 0.0300 e. The van der Waals surface area contributed by atoms with Gasteiger partial charge < -0.3 is 0 Å². The first-order valence-corrected chi connectivity index (χ1v) is 3.61. The van der Waals surface area contributed by atoms with Crippen LogP contribution in [0.2, 0.25) is 0 Å². The molecule has 0 aliphatic rings. The van der Waals surface area contributed by atoms with E-state index in [-0.39, 0.29) is 0 Å². The zero-order chi connectivity index (χ0) is 7.28. The van der Waals surface area contributed by atoms with E-state index < -0.39 is 0 Å². The van der Waals surface area contributed by atoms with Gasteiger partial charge in [-0.25, -0.2) is 0 Å². The predicted octanol–water partition coefficient (Wildman–Crippen LogP) is 3.20. The summed E-state index contributed by atoms with van der Waals surface area (Å²) in [5, 5.41) is 0. The molecule has 0 saturated carbocycles. The summed E-state index contributed by atoms with van der Waals surface area (Å²) in [5.74, 6) is 0.785. The molecule has 53 valence electrons. The monoisotopic (exact) mass is 125 g/mol. The summed E-state index contributed by atoms with van der Waals surface area (Å²) in [6, 6.07) is 0. The van der Waals surface area contributed by atoms with Crippen LogP contribution in [0.3, 0.4) is 0 Å². The van der Waals surface area contributed by atoms with Gasteiger partial charge >= 0.3 is 0 Å². The van der Waals surface area contributed by atoms with Gasteiger partial charge in [-0.15, -0.1) is 0 Å². The predicted molar refractivity (Wildman–Crippen MR) is 43.2 cm³/mol. The van der Waals surface area contributed by atoms with Gasteiger partial charge in [0.2, 0.25) is 0 Å². The van der Waals surface area contributed by atoms with Gasteiger partial charge in [-0.1, -0.05) is 25.5 Å². The van der Waals surface area contributed by atoms with Crippen LogP contribution in [0.4, 0.5) is 0 Å². The van der Waals surface area contributed by atoms with E-state index in [2.05, 4.69) is 33.8 Å². The Morgan fingerprint density at radius 3 is 2.44 bits per heavy atom. The maximum atomic E-state index is 3.76. The molecule has 0 aromatic rings. The molecule has 1 radical (unpaired) electrons. The summed E-state index contributed by atoms with van der Waals surface area (Å²) in [6.07, 6.45) is 4.34. The summed E-state index contributed by atoms with van der Waals surface area (Å²) < 4.78 is 0. The first-order valence-electron chi connectivity index (χ1n) is 3.61. The van der Waals surface area contributed by atoms with Crippen molar-refractivity contribution < 1.29 is 0 Å². The normalized spacial score (nSPS) is 12.8. The van der Waals surface area contributed by atoms with Crippen molar-refractivity contribution in [3.05, 3.63) is 18.6 Å². The fourth-order valence-electron chi connectivity index (χ4n) is 0.974. The average molecular weight is 125 g/mol. The van der Waals surface area contributed by atoms with Crippen molar-refractivity contribution in [2.24, 2.45) is 5.92 Å². The Hall–Kier alpha value is -0.260. The molecule has 0 atom stereocenters. The molecule has 0 bridgehead atoms. The fraction of sp³-hybridized carbons (Fsp3) is 0.667. The second kappa shape index (κ2) is 4.60. The Bertz CT molecular complexity index is 88.2. The lowest BCUT2D eigenvalue weighted by Gasteiger charge is -2.02. The number of hydrogen-bond acceptors (Lipinski definition) is 0. The zero-order valence-electron chi connectivity index (χ0n) is 6.78. The van der Waals surface area contributed by atoms with Gasteiger partial charge in [-0.3, -0.25) is 0 Å². The number of hydrogen-bond donors (Lipinski definition) is 0. The standard InChI is InChI=1S/C9H17/c1-5-6-9(4)7-8(2)3/h6,8H,1,5,7H2,2-4H3. The van der Waals surface area contributed by atoms with E-state index in [1.54, 1.807) is 0 Å². The van der Waals surface area contributed by atoms with Crippen molar-refractivity contribution in [3.8, 4) is 0 Å². The van der Waals surface area contributed by atoms with Gasteiger partial charge in [0.1, 0.15) is 0 Å². The molecule has 0 rings (SSSR count). The molecule has 0 unspecified atom stereocenters. The van der Waals surface area contributed by atoms with Crippen LogP contribution >= 0.6 is 0 Å². The van der Waals surface area contributed by atoms with Gasteiger partial charge in [-0.05, 0) is 32.6 Å². The van der Waals surface area contributed by atoms with Gasteiger partial charge in [-0.2, -0.15) is 0 Å². The summed E-state index contributed by atoms with van der Waals surface area (Å²) in [4.78, 5) is 0. The summed E-state index contributed by atoms with van der Waals surface area (Å²) in [7, 11) is 0. The highest BCUT2D eigenvalue weighted by Gasteiger charge is 1.92. The van der Waals surface area contributed by atoms with Gasteiger partial charge in [0.25, 0.3) is 0 Å². The van der Waals surface area contributed by atoms with Crippen LogP contribution in [0.15, 0.2) is 11.6 Å². The van der Waals surface area contributed by atoms with Crippen molar-refractivity contribution in [3.63, 3.8) is 0 Å². The highest BCUT2D eigenvalue weighted by Crippen LogP contribution is 2.09. The van der Waals surface area contributed by atoms with E-state index >= 15 is 0 Å². The lowest BCUT2D eigenvalue weighted by molar-refractivity contribution is 0.641. The van der Waals surface area contributed by atoms with Gasteiger partial charge in [0.05, 0.1) is 0 Å². The third-order valence-corrected chi connectivity index (χ3v) is 1.22. The molecule has 0 spiro atoms. The van der Waals surface area contributed by atoms with E-state index in [1.165, 1.54) is 12.0 Å². The molecule has 0 aromatic carbocycles. The summed E-state index contributed by atoms with van der Waals surface area (Å²) in [6.45, 7) is 10.4. The first kappa shape index (κ1) is 8.74. The summed E-state index contributed by atoms with van der Waals surface area (Å²) in [5.41, 5.74) is 1.47. The maximum Gasteiger partial charge on any atom is -0.0300 e. The lowest BCUT2D eigenvalue weighted by Crippen LogP contribution is -1.87. The Morgan fingerprint density at radius 1 is 1.56 bits per heavy atom. The molecule has 0 heterocycles. The quantitative estimate of drug-likeness (QED) is 0.508. The molecule has 0 saturated heterocycles. The minimum atomic E-state index is 0.785. The average Bonchev–Trinajstić information content (AvgIpc) is 1.63. The van der Waals surface area contributed by atoms with Crippen LogP contribution in [-0.2, 0) is 0 Å². The zero-order valence-corrected chi connectivity index (χ0v) is 6.78. The topological polar surface area (TPSA) is 0 Å². The number of rotatable bonds is 3. The Kier molecular flexibility index (Phi) is 4.47. The minimum Gasteiger partial charge on any atom is -0.0856 e. The fourth-order valence-corrected chi connectivity index (χ4v) is 0.974. The highest BCUT2D eigenvalue weighted by atomic mass is 14.0. The maximum absolute atomic E-state index is 3.76. The van der Waals surface area contributed by atoms with E-state index in [9.17, 15) is 0 Å². The van der Waals surface area contributed by atoms with Crippen LogP contribution < -0.4 is 0 Å². The molecule has 0 nitrogen and oxygen atoms in total. The van der Waals surface area contributed by atoms with Crippen molar-refractivity contribution in [1.29, 1.82) is 0 Å². The Balaban J connectivity index is 3.49. The lowest BCUT2D eigenvalue weighted by atomic mass is 10.0. The molecule has 0 amide bonds. The SMILES string of the molecule is [CH2]CC=C(C)CC(C)C. The number of allylic oxidation sites excluding steroid dienone is 2. The molecule has 0 fully saturated rings. The summed E-state index contributed by atoms with van der Waals surface area (Å²) >= 11 is 0. The Morgan fingerprint density at radius 2 is 2.11 bits per heavy atom. The molecule has 0 heteroatoms. The van der Waals surface area contributed by atoms with Crippen molar-refractivity contribution >= 4 is 0 Å². The second-order valence-corrected chi connectivity index (χ2v) is 2.94. The van der Waals surface area contributed by atoms with Crippen LogP contribution in [0.1, 0.15) is 33.6 Å². The molecule has 0 aliphatic carbocycles. The third kappa shape index (κ3) is 5.61. The molecule has 0 aromatic heterocycles. The second-order valence-electron chi connectivity index (χ2n) is 2.94. The van der Waals surface area contributed by atoms with E-state index in [4.69, 9.17) is 0 Å². The van der Waals surface area contributed by atoms with Crippen LogP contribution in [-0.4, -0.2) is 0 Å². The van der Waals surface area contributed by atoms with Crippen LogP contribution in [0, 0.1) is 12.8 Å². The molecule has 0 aliphatic heterocycles. The van der Waals surface area contributed by atoms with Gasteiger partial charge in [0, 0.05) is 0 Å². The van der Waals surface area contributed by atoms with Crippen LogP contribution in [0.25, 0.3) is 0 Å². The largest absolute Gasteiger partial charge is 0.0856 e. The van der Waals surface area contributed by atoms with E-state index in [0.717, 1.165) is 12.3 Å². The van der Waals surface area contributed by atoms with Crippen molar-refractivity contribution in [2.45, 2.75) is 33.6 Å². The van der Waals surface area contributed by atoms with E-state index in [0.29, 0.717) is 0 Å². The van der Waals surface area contributed by atoms with Crippen LogP contribution in [0.5, 0.6) is 0 Å². The van der Waals surface area contributed by atoms with E-state index in [1.807, 2.05) is 0 Å². The molecular weight excluding hydrogens is 108 g/mol. The minimum absolute atomic E-state index is 0.785. The van der Waals surface area contributed by atoms with Crippen molar-refractivity contribution in [2.75, 3.05) is 0 Å². The van der Waals surface area contributed by atoms with Gasteiger partial charge in [0.15, 0.2) is 0 Å².